The number of carbonyl (C=O) groups is 1. The maximum absolute atomic E-state index is 11.9. The van der Waals surface area contributed by atoms with Crippen molar-refractivity contribution in [3.8, 4) is 0 Å². The number of aliphatic imine (C=N–C) groups is 1. The summed E-state index contributed by atoms with van der Waals surface area (Å²) in [5.74, 6) is 2.19. The first-order valence-electron chi connectivity index (χ1n) is 8.90. The second kappa shape index (κ2) is 8.39. The van der Waals surface area contributed by atoms with E-state index in [0.29, 0.717) is 11.9 Å². The molecule has 0 spiro atoms. The van der Waals surface area contributed by atoms with Crippen molar-refractivity contribution in [2.45, 2.75) is 58.4 Å². The van der Waals surface area contributed by atoms with Crippen molar-refractivity contribution in [2.24, 2.45) is 10.9 Å². The van der Waals surface area contributed by atoms with Crippen molar-refractivity contribution in [1.82, 2.24) is 15.1 Å². The van der Waals surface area contributed by atoms with Crippen LogP contribution in [0.25, 0.3) is 0 Å². The first kappa shape index (κ1) is 17.1. The molecule has 2 rings (SSSR count). The van der Waals surface area contributed by atoms with Gasteiger partial charge < -0.3 is 15.1 Å². The largest absolute Gasteiger partial charge is 0.356 e. The van der Waals surface area contributed by atoms with Crippen LogP contribution in [0, 0.1) is 5.92 Å². The quantitative estimate of drug-likeness (QED) is 0.625. The SMILES string of the molecule is CCC(CCNC(=NC)N1CCC(C)CC1)N1CCCC1=O. The molecule has 2 fully saturated rings. The lowest BCUT2D eigenvalue weighted by Crippen LogP contribution is -2.46. The van der Waals surface area contributed by atoms with Gasteiger partial charge in [-0.2, -0.15) is 0 Å². The van der Waals surface area contributed by atoms with Crippen molar-refractivity contribution >= 4 is 11.9 Å². The maximum Gasteiger partial charge on any atom is 0.222 e. The van der Waals surface area contributed by atoms with Crippen molar-refractivity contribution in [2.75, 3.05) is 33.2 Å². The molecule has 0 saturated carbocycles. The minimum atomic E-state index is 0.334. The first-order valence-corrected chi connectivity index (χ1v) is 8.90. The molecule has 126 valence electrons. The van der Waals surface area contributed by atoms with Crippen LogP contribution < -0.4 is 5.32 Å². The molecule has 0 bridgehead atoms. The van der Waals surface area contributed by atoms with E-state index in [1.807, 2.05) is 7.05 Å². The molecule has 2 aliphatic rings. The highest BCUT2D eigenvalue weighted by Gasteiger charge is 2.26. The lowest BCUT2D eigenvalue weighted by Gasteiger charge is -2.33. The molecular formula is C17H32N4O. The summed E-state index contributed by atoms with van der Waals surface area (Å²) in [7, 11) is 1.86. The van der Waals surface area contributed by atoms with E-state index in [-0.39, 0.29) is 0 Å². The highest BCUT2D eigenvalue weighted by molar-refractivity contribution is 5.80. The molecule has 1 unspecified atom stereocenters. The first-order chi connectivity index (χ1) is 10.7. The predicted octanol–water partition coefficient (Wildman–Crippen LogP) is 2.08. The van der Waals surface area contributed by atoms with Crippen LogP contribution in [0.5, 0.6) is 0 Å². The van der Waals surface area contributed by atoms with Gasteiger partial charge in [0.05, 0.1) is 0 Å². The lowest BCUT2D eigenvalue weighted by atomic mass is 9.99. The lowest BCUT2D eigenvalue weighted by molar-refractivity contribution is -0.129. The van der Waals surface area contributed by atoms with Crippen molar-refractivity contribution in [3.63, 3.8) is 0 Å². The van der Waals surface area contributed by atoms with E-state index in [2.05, 4.69) is 34.0 Å². The number of nitrogens with one attached hydrogen (secondary N) is 1. The normalized spacial score (nSPS) is 22.3. The van der Waals surface area contributed by atoms with Gasteiger partial charge in [0.15, 0.2) is 5.96 Å². The summed E-state index contributed by atoms with van der Waals surface area (Å²) >= 11 is 0. The molecule has 0 aromatic carbocycles. The van der Waals surface area contributed by atoms with Gasteiger partial charge in [0.2, 0.25) is 5.91 Å². The summed E-state index contributed by atoms with van der Waals surface area (Å²) in [5.41, 5.74) is 0. The third kappa shape index (κ3) is 4.37. The van der Waals surface area contributed by atoms with Crippen LogP contribution in [-0.2, 0) is 4.79 Å². The minimum Gasteiger partial charge on any atom is -0.356 e. The summed E-state index contributed by atoms with van der Waals surface area (Å²) in [6, 6.07) is 0.377. The average molecular weight is 308 g/mol. The number of likely N-dealkylation sites (tertiary alicyclic amines) is 2. The molecule has 5 nitrogen and oxygen atoms in total. The van der Waals surface area contributed by atoms with Crippen LogP contribution in [-0.4, -0.2) is 60.9 Å². The van der Waals surface area contributed by atoms with E-state index in [1.54, 1.807) is 0 Å². The fourth-order valence-electron chi connectivity index (χ4n) is 3.54. The monoisotopic (exact) mass is 308 g/mol. The third-order valence-corrected chi connectivity index (χ3v) is 5.08. The van der Waals surface area contributed by atoms with Crippen LogP contribution in [0.4, 0.5) is 0 Å². The molecule has 0 aliphatic carbocycles. The molecule has 0 radical (unpaired) electrons. The number of rotatable bonds is 5. The topological polar surface area (TPSA) is 47.9 Å². The Labute approximate surface area is 135 Å². The van der Waals surface area contributed by atoms with Crippen LogP contribution >= 0.6 is 0 Å². The fraction of sp³-hybridized carbons (Fsp3) is 0.882. The predicted molar refractivity (Wildman–Crippen MR) is 91.0 cm³/mol. The van der Waals surface area contributed by atoms with Gasteiger partial charge in [-0.15, -0.1) is 0 Å². The molecule has 0 aromatic rings. The zero-order valence-electron chi connectivity index (χ0n) is 14.5. The summed E-state index contributed by atoms with van der Waals surface area (Å²) in [6.07, 6.45) is 6.30. The molecule has 0 aromatic heterocycles. The van der Waals surface area contributed by atoms with Crippen molar-refractivity contribution in [1.29, 1.82) is 0 Å². The summed E-state index contributed by atoms with van der Waals surface area (Å²) < 4.78 is 0. The number of hydrogen-bond acceptors (Lipinski definition) is 2. The molecule has 5 heteroatoms. The van der Waals surface area contributed by atoms with Gasteiger partial charge in [0.1, 0.15) is 0 Å². The van der Waals surface area contributed by atoms with Gasteiger partial charge in [-0.1, -0.05) is 13.8 Å². The van der Waals surface area contributed by atoms with Crippen molar-refractivity contribution in [3.05, 3.63) is 0 Å². The number of nitrogens with zero attached hydrogens (tertiary/aromatic N) is 3. The van der Waals surface area contributed by atoms with Gasteiger partial charge >= 0.3 is 0 Å². The maximum atomic E-state index is 11.9. The number of amides is 1. The Morgan fingerprint density at radius 1 is 1.36 bits per heavy atom. The number of hydrogen-bond donors (Lipinski definition) is 1. The second-order valence-corrected chi connectivity index (χ2v) is 6.68. The molecule has 1 atom stereocenters. The molecule has 2 heterocycles. The van der Waals surface area contributed by atoms with E-state index in [1.165, 1.54) is 12.8 Å². The van der Waals surface area contributed by atoms with E-state index < -0.39 is 0 Å². The van der Waals surface area contributed by atoms with Crippen LogP contribution in [0.2, 0.25) is 0 Å². The van der Waals surface area contributed by atoms with Gasteiger partial charge in [-0.05, 0) is 38.0 Å². The standard InChI is InChI=1S/C17H32N4O/c1-4-15(21-11-5-6-16(21)22)7-10-19-17(18-3)20-12-8-14(2)9-13-20/h14-15H,4-13H2,1-3H3,(H,18,19). The average Bonchev–Trinajstić information content (AvgIpc) is 2.95. The van der Waals surface area contributed by atoms with Crippen LogP contribution in [0.3, 0.4) is 0 Å². The summed E-state index contributed by atoms with van der Waals surface area (Å²) in [6.45, 7) is 8.53. The Morgan fingerprint density at radius 3 is 2.64 bits per heavy atom. The zero-order chi connectivity index (χ0) is 15.9. The van der Waals surface area contributed by atoms with Crippen LogP contribution in [0.1, 0.15) is 52.4 Å². The third-order valence-electron chi connectivity index (χ3n) is 5.08. The molecule has 1 amide bonds. The zero-order valence-corrected chi connectivity index (χ0v) is 14.5. The Morgan fingerprint density at radius 2 is 2.09 bits per heavy atom. The van der Waals surface area contributed by atoms with Crippen molar-refractivity contribution < 1.29 is 4.79 Å². The van der Waals surface area contributed by atoms with E-state index in [4.69, 9.17) is 0 Å². The smallest absolute Gasteiger partial charge is 0.222 e. The van der Waals surface area contributed by atoms with E-state index in [0.717, 1.165) is 63.7 Å². The number of carbonyl (C=O) groups excluding carboxylic acids is 1. The van der Waals surface area contributed by atoms with Gasteiger partial charge in [-0.3, -0.25) is 9.79 Å². The van der Waals surface area contributed by atoms with E-state index in [9.17, 15) is 4.79 Å². The van der Waals surface area contributed by atoms with Crippen LogP contribution in [0.15, 0.2) is 4.99 Å². The van der Waals surface area contributed by atoms with Gasteiger partial charge in [0, 0.05) is 45.7 Å². The Kier molecular flexibility index (Phi) is 6.52. The highest BCUT2D eigenvalue weighted by Crippen LogP contribution is 2.18. The molecule has 22 heavy (non-hydrogen) atoms. The summed E-state index contributed by atoms with van der Waals surface area (Å²) in [4.78, 5) is 20.7. The fourth-order valence-corrected chi connectivity index (χ4v) is 3.54. The molecule has 1 N–H and O–H groups in total. The Hall–Kier alpha value is -1.26. The second-order valence-electron chi connectivity index (χ2n) is 6.68. The number of piperidine rings is 1. The summed E-state index contributed by atoms with van der Waals surface area (Å²) in [5, 5.41) is 3.50. The molecule has 2 saturated heterocycles. The Bertz CT molecular complexity index is 388. The highest BCUT2D eigenvalue weighted by atomic mass is 16.2. The van der Waals surface area contributed by atoms with E-state index >= 15 is 0 Å². The van der Waals surface area contributed by atoms with Gasteiger partial charge in [0.25, 0.3) is 0 Å². The Balaban J connectivity index is 1.77. The molecule has 2 aliphatic heterocycles. The molecular weight excluding hydrogens is 276 g/mol. The number of guanidine groups is 1. The minimum absolute atomic E-state index is 0.334. The van der Waals surface area contributed by atoms with Gasteiger partial charge in [-0.25, -0.2) is 0 Å².